The number of anilines is 1. The fourth-order valence-electron chi connectivity index (χ4n) is 3.17. The molecule has 0 spiro atoms. The molecule has 24 heavy (non-hydrogen) atoms. The van der Waals surface area contributed by atoms with Crippen molar-refractivity contribution < 1.29 is 13.2 Å². The van der Waals surface area contributed by atoms with Gasteiger partial charge in [0.15, 0.2) is 0 Å². The van der Waals surface area contributed by atoms with Crippen LogP contribution in [0, 0.1) is 17.2 Å². The molecule has 2 aliphatic rings. The van der Waals surface area contributed by atoms with E-state index < -0.39 is 18.1 Å². The second-order valence-corrected chi connectivity index (χ2v) is 6.48. The topological polar surface area (TPSA) is 63.1 Å². The molecule has 3 N–H and O–H groups in total. The molecule has 130 valence electrons. The van der Waals surface area contributed by atoms with Crippen LogP contribution < -0.4 is 21.3 Å². The SMILES string of the molecule is N#CC1NNNC1c1cc(Cl)cc(N2CCC(C(F)(F)F)CC2)c1. The Morgan fingerprint density at radius 3 is 2.50 bits per heavy atom. The molecule has 3 rings (SSSR count). The highest BCUT2D eigenvalue weighted by Crippen LogP contribution is 2.36. The van der Waals surface area contributed by atoms with Crippen LogP contribution in [0.4, 0.5) is 18.9 Å². The molecule has 2 saturated heterocycles. The van der Waals surface area contributed by atoms with E-state index in [1.165, 1.54) is 0 Å². The number of alkyl halides is 3. The van der Waals surface area contributed by atoms with E-state index in [0.29, 0.717) is 18.1 Å². The number of piperidine rings is 1. The van der Waals surface area contributed by atoms with Gasteiger partial charge in [0, 0.05) is 23.8 Å². The lowest BCUT2D eigenvalue weighted by Crippen LogP contribution is -2.39. The minimum Gasteiger partial charge on any atom is -0.371 e. The van der Waals surface area contributed by atoms with Crippen LogP contribution in [0.5, 0.6) is 0 Å². The first-order chi connectivity index (χ1) is 11.4. The standard InChI is InChI=1S/C15H17ClF3N5/c16-11-5-9(14-13(8-20)21-23-22-14)6-12(7-11)24-3-1-10(2-4-24)15(17,18)19/h5-7,10,13-14,21-23H,1-4H2. The molecule has 0 radical (unpaired) electrons. The lowest BCUT2D eigenvalue weighted by molar-refractivity contribution is -0.179. The normalized spacial score (nSPS) is 25.7. The number of hydrogen-bond donors (Lipinski definition) is 3. The van der Waals surface area contributed by atoms with Crippen molar-refractivity contribution in [2.45, 2.75) is 31.1 Å². The van der Waals surface area contributed by atoms with Gasteiger partial charge in [-0.2, -0.15) is 24.0 Å². The second-order valence-electron chi connectivity index (χ2n) is 6.04. The van der Waals surface area contributed by atoms with Gasteiger partial charge in [-0.25, -0.2) is 10.9 Å². The molecule has 0 aliphatic carbocycles. The summed E-state index contributed by atoms with van der Waals surface area (Å²) in [5, 5.41) is 9.64. The molecule has 2 heterocycles. The fourth-order valence-corrected chi connectivity index (χ4v) is 3.41. The molecular formula is C15H17ClF3N5. The summed E-state index contributed by atoms with van der Waals surface area (Å²) in [5.41, 5.74) is 10.0. The number of rotatable bonds is 2. The van der Waals surface area contributed by atoms with Gasteiger partial charge in [-0.05, 0) is 36.6 Å². The third-order valence-corrected chi connectivity index (χ3v) is 4.73. The number of nitrogens with one attached hydrogen (secondary N) is 3. The predicted octanol–water partition coefficient (Wildman–Crippen LogP) is 2.66. The summed E-state index contributed by atoms with van der Waals surface area (Å²) in [6, 6.07) is 6.75. The molecule has 1 aromatic rings. The van der Waals surface area contributed by atoms with Crippen LogP contribution >= 0.6 is 11.6 Å². The maximum atomic E-state index is 12.8. The Balaban J connectivity index is 1.77. The van der Waals surface area contributed by atoms with Gasteiger partial charge in [-0.1, -0.05) is 11.6 Å². The zero-order chi connectivity index (χ0) is 17.3. The molecule has 0 saturated carbocycles. The molecule has 5 nitrogen and oxygen atoms in total. The third-order valence-electron chi connectivity index (χ3n) is 4.51. The maximum Gasteiger partial charge on any atom is 0.391 e. The van der Waals surface area contributed by atoms with E-state index in [2.05, 4.69) is 22.5 Å². The number of benzene rings is 1. The predicted molar refractivity (Wildman–Crippen MR) is 84.0 cm³/mol. The Morgan fingerprint density at radius 1 is 1.17 bits per heavy atom. The van der Waals surface area contributed by atoms with Gasteiger partial charge in [0.2, 0.25) is 0 Å². The average Bonchev–Trinajstić information content (AvgIpc) is 3.02. The van der Waals surface area contributed by atoms with E-state index in [1.807, 2.05) is 11.0 Å². The van der Waals surface area contributed by atoms with Gasteiger partial charge in [0.1, 0.15) is 6.04 Å². The van der Waals surface area contributed by atoms with Crippen LogP contribution in [0.2, 0.25) is 5.02 Å². The Bertz CT molecular complexity index is 637. The Labute approximate surface area is 142 Å². The van der Waals surface area contributed by atoms with Crippen LogP contribution in [0.15, 0.2) is 18.2 Å². The monoisotopic (exact) mass is 359 g/mol. The highest BCUT2D eigenvalue weighted by Gasteiger charge is 2.41. The van der Waals surface area contributed by atoms with E-state index in [0.717, 1.165) is 11.3 Å². The number of hydrazine groups is 2. The third kappa shape index (κ3) is 3.59. The van der Waals surface area contributed by atoms with Crippen molar-refractivity contribution in [3.63, 3.8) is 0 Å². The van der Waals surface area contributed by atoms with Crippen LogP contribution in [0.3, 0.4) is 0 Å². The lowest BCUT2D eigenvalue weighted by Gasteiger charge is -2.35. The van der Waals surface area contributed by atoms with Crippen molar-refractivity contribution >= 4 is 17.3 Å². The van der Waals surface area contributed by atoms with Gasteiger partial charge < -0.3 is 4.90 Å². The van der Waals surface area contributed by atoms with Gasteiger partial charge in [-0.15, -0.1) is 0 Å². The largest absolute Gasteiger partial charge is 0.391 e. The van der Waals surface area contributed by atoms with Gasteiger partial charge >= 0.3 is 6.18 Å². The highest BCUT2D eigenvalue weighted by atomic mass is 35.5. The van der Waals surface area contributed by atoms with Crippen molar-refractivity contribution in [3.05, 3.63) is 28.8 Å². The van der Waals surface area contributed by atoms with Crippen LogP contribution in [0.1, 0.15) is 24.4 Å². The quantitative estimate of drug-likeness (QED) is 0.757. The Morgan fingerprint density at radius 2 is 1.88 bits per heavy atom. The molecule has 0 amide bonds. The molecule has 2 unspecified atom stereocenters. The van der Waals surface area contributed by atoms with E-state index in [4.69, 9.17) is 16.9 Å². The van der Waals surface area contributed by atoms with E-state index >= 15 is 0 Å². The van der Waals surface area contributed by atoms with Gasteiger partial charge in [0.05, 0.1) is 18.0 Å². The van der Waals surface area contributed by atoms with Crippen molar-refractivity contribution in [3.8, 4) is 6.07 Å². The van der Waals surface area contributed by atoms with Crippen LogP contribution in [-0.2, 0) is 0 Å². The van der Waals surface area contributed by atoms with Crippen molar-refractivity contribution in [1.82, 2.24) is 16.4 Å². The summed E-state index contributed by atoms with van der Waals surface area (Å²) in [6.45, 7) is 0.667. The molecule has 2 fully saturated rings. The van der Waals surface area contributed by atoms with Crippen LogP contribution in [0.25, 0.3) is 0 Å². The molecule has 9 heteroatoms. The molecule has 0 bridgehead atoms. The van der Waals surface area contributed by atoms with Crippen molar-refractivity contribution in [2.75, 3.05) is 18.0 Å². The average molecular weight is 360 g/mol. The maximum absolute atomic E-state index is 12.8. The number of hydrogen-bond acceptors (Lipinski definition) is 5. The summed E-state index contributed by atoms with van der Waals surface area (Å²) in [7, 11) is 0. The fraction of sp³-hybridized carbons (Fsp3) is 0.533. The smallest absolute Gasteiger partial charge is 0.371 e. The van der Waals surface area contributed by atoms with Crippen molar-refractivity contribution in [1.29, 1.82) is 5.26 Å². The summed E-state index contributed by atoms with van der Waals surface area (Å²) in [5.74, 6) is -1.24. The van der Waals surface area contributed by atoms with E-state index in [-0.39, 0.29) is 18.9 Å². The summed E-state index contributed by atoms with van der Waals surface area (Å²) in [4.78, 5) is 1.91. The second kappa shape index (κ2) is 6.76. The lowest BCUT2D eigenvalue weighted by atomic mass is 9.95. The molecule has 0 aromatic heterocycles. The van der Waals surface area contributed by atoms with Crippen molar-refractivity contribution in [2.24, 2.45) is 5.92 Å². The van der Waals surface area contributed by atoms with Crippen LogP contribution in [-0.4, -0.2) is 25.3 Å². The van der Waals surface area contributed by atoms with E-state index in [1.54, 1.807) is 12.1 Å². The first-order valence-corrected chi connectivity index (χ1v) is 8.04. The van der Waals surface area contributed by atoms with Gasteiger partial charge in [-0.3, -0.25) is 0 Å². The zero-order valence-electron chi connectivity index (χ0n) is 12.7. The summed E-state index contributed by atoms with van der Waals surface area (Å²) >= 11 is 6.18. The summed E-state index contributed by atoms with van der Waals surface area (Å²) in [6.07, 6.45) is -3.97. The summed E-state index contributed by atoms with van der Waals surface area (Å²) < 4.78 is 38.4. The minimum atomic E-state index is -4.13. The molecule has 2 atom stereocenters. The Kier molecular flexibility index (Phi) is 4.88. The molecule has 1 aromatic carbocycles. The zero-order valence-corrected chi connectivity index (χ0v) is 13.5. The van der Waals surface area contributed by atoms with E-state index in [9.17, 15) is 13.2 Å². The first-order valence-electron chi connectivity index (χ1n) is 7.66. The molecular weight excluding hydrogens is 343 g/mol. The number of halogens is 4. The minimum absolute atomic E-state index is 0.0803. The highest BCUT2D eigenvalue weighted by molar-refractivity contribution is 6.31. The van der Waals surface area contributed by atoms with Gasteiger partial charge in [0.25, 0.3) is 0 Å². The molecule has 2 aliphatic heterocycles. The number of nitrogens with zero attached hydrogens (tertiary/aromatic N) is 2. The first kappa shape index (κ1) is 17.3. The Hall–Kier alpha value is -1.53. The number of nitriles is 1.